The Labute approximate surface area is 201 Å². The molecule has 0 radical (unpaired) electrons. The van der Waals surface area contributed by atoms with Gasteiger partial charge >= 0.3 is 0 Å². The number of thiophene rings is 1. The molecular formula is C26H23N5O2S. The Balaban J connectivity index is 1.45. The standard InChI is InChI=1S/C26H23N5O2S/c1-29(26(32)25-22(33-2)18-31(28-25)21-12-7-4-8-13-21)16-19-17-30(20-10-5-3-6-11-20)27-24(19)23-14-9-15-34-23/h3-15,17-18H,16H2,1-2H3. The van der Waals surface area contributed by atoms with Crippen LogP contribution in [-0.4, -0.2) is 44.5 Å². The molecule has 5 aromatic rings. The number of amides is 1. The minimum atomic E-state index is -0.226. The number of hydrogen-bond donors (Lipinski definition) is 0. The van der Waals surface area contributed by atoms with E-state index in [0.29, 0.717) is 12.3 Å². The molecule has 0 aliphatic rings. The third-order valence-electron chi connectivity index (χ3n) is 5.44. The smallest absolute Gasteiger partial charge is 0.278 e. The number of benzene rings is 2. The summed E-state index contributed by atoms with van der Waals surface area (Å²) < 4.78 is 8.98. The molecule has 5 rings (SSSR count). The van der Waals surface area contributed by atoms with E-state index in [0.717, 1.165) is 27.5 Å². The van der Waals surface area contributed by atoms with E-state index in [1.165, 1.54) is 0 Å². The molecule has 1 amide bonds. The van der Waals surface area contributed by atoms with Gasteiger partial charge in [-0.3, -0.25) is 4.79 Å². The largest absolute Gasteiger partial charge is 0.493 e. The Bertz CT molecular complexity index is 1390. The second kappa shape index (κ2) is 9.36. The van der Waals surface area contributed by atoms with Gasteiger partial charge in [-0.1, -0.05) is 42.5 Å². The lowest BCUT2D eigenvalue weighted by molar-refractivity contribution is 0.0775. The van der Waals surface area contributed by atoms with E-state index < -0.39 is 0 Å². The number of nitrogens with zero attached hydrogens (tertiary/aromatic N) is 5. The van der Waals surface area contributed by atoms with Crippen LogP contribution >= 0.6 is 11.3 Å². The summed E-state index contributed by atoms with van der Waals surface area (Å²) in [5.41, 5.74) is 3.89. The number of ether oxygens (including phenoxy) is 1. The maximum Gasteiger partial charge on any atom is 0.278 e. The van der Waals surface area contributed by atoms with Gasteiger partial charge in [0.1, 0.15) is 5.69 Å². The van der Waals surface area contributed by atoms with Crippen molar-refractivity contribution in [2.24, 2.45) is 0 Å². The molecule has 0 aliphatic heterocycles. The molecule has 8 heteroatoms. The van der Waals surface area contributed by atoms with Crippen molar-refractivity contribution < 1.29 is 9.53 Å². The van der Waals surface area contributed by atoms with Crippen LogP contribution in [0.3, 0.4) is 0 Å². The van der Waals surface area contributed by atoms with Gasteiger partial charge in [-0.15, -0.1) is 11.3 Å². The summed E-state index contributed by atoms with van der Waals surface area (Å²) in [5, 5.41) is 11.4. The van der Waals surface area contributed by atoms with Gasteiger partial charge < -0.3 is 9.64 Å². The lowest BCUT2D eigenvalue weighted by atomic mass is 10.2. The molecule has 0 unspecified atom stereocenters. The van der Waals surface area contributed by atoms with Crippen molar-refractivity contribution in [3.05, 3.63) is 102 Å². The fourth-order valence-corrected chi connectivity index (χ4v) is 4.48. The van der Waals surface area contributed by atoms with Crippen LogP contribution in [0.25, 0.3) is 21.9 Å². The molecule has 7 nitrogen and oxygen atoms in total. The molecule has 0 spiro atoms. The van der Waals surface area contributed by atoms with E-state index in [1.54, 1.807) is 41.3 Å². The summed E-state index contributed by atoms with van der Waals surface area (Å²) in [4.78, 5) is 16.1. The van der Waals surface area contributed by atoms with Crippen LogP contribution in [0.5, 0.6) is 5.75 Å². The van der Waals surface area contributed by atoms with Gasteiger partial charge in [-0.05, 0) is 35.7 Å². The highest BCUT2D eigenvalue weighted by Crippen LogP contribution is 2.29. The summed E-state index contributed by atoms with van der Waals surface area (Å²) in [6.07, 6.45) is 3.70. The Morgan fingerprint density at radius 2 is 1.56 bits per heavy atom. The molecule has 0 bridgehead atoms. The van der Waals surface area contributed by atoms with Crippen molar-refractivity contribution in [1.82, 2.24) is 24.5 Å². The molecule has 34 heavy (non-hydrogen) atoms. The van der Waals surface area contributed by atoms with Crippen molar-refractivity contribution in [2.75, 3.05) is 14.2 Å². The van der Waals surface area contributed by atoms with Crippen molar-refractivity contribution in [1.29, 1.82) is 0 Å². The van der Waals surface area contributed by atoms with Gasteiger partial charge in [-0.2, -0.15) is 10.2 Å². The lowest BCUT2D eigenvalue weighted by Crippen LogP contribution is -2.27. The monoisotopic (exact) mass is 469 g/mol. The molecule has 0 aliphatic carbocycles. The predicted molar refractivity (Wildman–Crippen MR) is 133 cm³/mol. The zero-order valence-corrected chi connectivity index (χ0v) is 19.6. The Morgan fingerprint density at radius 3 is 2.15 bits per heavy atom. The predicted octanol–water partition coefficient (Wildman–Crippen LogP) is 5.07. The first-order chi connectivity index (χ1) is 16.6. The van der Waals surface area contributed by atoms with Crippen LogP contribution in [0.4, 0.5) is 0 Å². The quantitative estimate of drug-likeness (QED) is 0.334. The van der Waals surface area contributed by atoms with Gasteiger partial charge in [0, 0.05) is 25.4 Å². The molecule has 0 N–H and O–H groups in total. The second-order valence-corrected chi connectivity index (χ2v) is 8.70. The first-order valence-electron chi connectivity index (χ1n) is 10.8. The highest BCUT2D eigenvalue weighted by Gasteiger charge is 2.24. The molecule has 3 aromatic heterocycles. The van der Waals surface area contributed by atoms with Gasteiger partial charge in [-0.25, -0.2) is 9.36 Å². The number of methoxy groups -OCH3 is 1. The van der Waals surface area contributed by atoms with E-state index in [9.17, 15) is 4.79 Å². The summed E-state index contributed by atoms with van der Waals surface area (Å²) in [5.74, 6) is 0.204. The third-order valence-corrected chi connectivity index (χ3v) is 6.32. The van der Waals surface area contributed by atoms with E-state index in [2.05, 4.69) is 5.10 Å². The first-order valence-corrected chi connectivity index (χ1v) is 11.6. The molecule has 3 heterocycles. The van der Waals surface area contributed by atoms with Crippen LogP contribution in [0, 0.1) is 0 Å². The minimum absolute atomic E-state index is 0.226. The number of rotatable bonds is 7. The summed E-state index contributed by atoms with van der Waals surface area (Å²) in [6.45, 7) is 0.375. The molecule has 0 saturated heterocycles. The fraction of sp³-hybridized carbons (Fsp3) is 0.115. The molecule has 0 atom stereocenters. The number of carbonyl (C=O) groups is 1. The van der Waals surface area contributed by atoms with Gasteiger partial charge in [0.25, 0.3) is 5.91 Å². The van der Waals surface area contributed by atoms with E-state index in [1.807, 2.05) is 89.1 Å². The number of hydrogen-bond acceptors (Lipinski definition) is 5. The van der Waals surface area contributed by atoms with Crippen molar-refractivity contribution in [2.45, 2.75) is 6.54 Å². The van der Waals surface area contributed by atoms with Crippen molar-refractivity contribution in [3.8, 4) is 27.7 Å². The van der Waals surface area contributed by atoms with Crippen LogP contribution in [0.2, 0.25) is 0 Å². The molecular weight excluding hydrogens is 446 g/mol. The SMILES string of the molecule is COc1cn(-c2ccccc2)nc1C(=O)N(C)Cc1cn(-c2ccccc2)nc1-c1cccs1. The topological polar surface area (TPSA) is 65.2 Å². The first kappa shape index (κ1) is 21.7. The zero-order valence-electron chi connectivity index (χ0n) is 18.8. The molecule has 0 saturated carbocycles. The maximum absolute atomic E-state index is 13.4. The van der Waals surface area contributed by atoms with E-state index in [-0.39, 0.29) is 11.6 Å². The number of para-hydroxylation sites is 2. The highest BCUT2D eigenvalue weighted by molar-refractivity contribution is 7.13. The fourth-order valence-electron chi connectivity index (χ4n) is 3.74. The molecule has 170 valence electrons. The second-order valence-electron chi connectivity index (χ2n) is 7.75. The van der Waals surface area contributed by atoms with E-state index in [4.69, 9.17) is 9.84 Å². The average molecular weight is 470 g/mol. The lowest BCUT2D eigenvalue weighted by Gasteiger charge is -2.16. The zero-order chi connectivity index (χ0) is 23.5. The summed E-state index contributed by atoms with van der Waals surface area (Å²) in [7, 11) is 3.31. The summed E-state index contributed by atoms with van der Waals surface area (Å²) >= 11 is 1.62. The van der Waals surface area contributed by atoms with Crippen LogP contribution in [0.1, 0.15) is 16.1 Å². The third kappa shape index (κ3) is 4.23. The number of carbonyl (C=O) groups excluding carboxylic acids is 1. The normalized spacial score (nSPS) is 10.9. The Morgan fingerprint density at radius 1 is 0.912 bits per heavy atom. The molecule has 0 fully saturated rings. The van der Waals surface area contributed by atoms with Crippen LogP contribution in [-0.2, 0) is 6.54 Å². The van der Waals surface area contributed by atoms with Gasteiger partial charge in [0.15, 0.2) is 11.4 Å². The summed E-state index contributed by atoms with van der Waals surface area (Å²) in [6, 6.07) is 23.6. The molecule has 2 aromatic carbocycles. The van der Waals surface area contributed by atoms with Crippen LogP contribution < -0.4 is 4.74 Å². The van der Waals surface area contributed by atoms with Crippen molar-refractivity contribution >= 4 is 17.2 Å². The minimum Gasteiger partial charge on any atom is -0.493 e. The van der Waals surface area contributed by atoms with Crippen LogP contribution in [0.15, 0.2) is 90.6 Å². The average Bonchev–Trinajstić information content (AvgIpc) is 3.64. The van der Waals surface area contributed by atoms with Gasteiger partial charge in [0.05, 0.1) is 29.6 Å². The van der Waals surface area contributed by atoms with E-state index >= 15 is 0 Å². The highest BCUT2D eigenvalue weighted by atomic mass is 32.1. The maximum atomic E-state index is 13.4. The van der Waals surface area contributed by atoms with Crippen molar-refractivity contribution in [3.63, 3.8) is 0 Å². The van der Waals surface area contributed by atoms with Gasteiger partial charge in [0.2, 0.25) is 0 Å². The Kier molecular flexibility index (Phi) is 5.97. The number of aromatic nitrogens is 4. The Hall–Kier alpha value is -4.17.